The first kappa shape index (κ1) is 12.0. The lowest BCUT2D eigenvalue weighted by Gasteiger charge is -2.26. The summed E-state index contributed by atoms with van der Waals surface area (Å²) in [7, 11) is 0. The Morgan fingerprint density at radius 2 is 1.89 bits per heavy atom. The summed E-state index contributed by atoms with van der Waals surface area (Å²) in [6.45, 7) is 0. The van der Waals surface area contributed by atoms with Gasteiger partial charge in [-0.1, -0.05) is 6.07 Å². The third-order valence-corrected chi connectivity index (χ3v) is 3.30. The SMILES string of the molecule is Oc1ccc2c(c1)CCC(c1ccc(F)c(F)c1)O2. The zero-order valence-electron chi connectivity index (χ0n) is 10.1. The molecule has 1 atom stereocenters. The smallest absolute Gasteiger partial charge is 0.159 e. The Labute approximate surface area is 109 Å². The molecule has 98 valence electrons. The molecule has 0 fully saturated rings. The lowest BCUT2D eigenvalue weighted by molar-refractivity contribution is 0.175. The first-order chi connectivity index (χ1) is 9.13. The Hall–Kier alpha value is -2.10. The van der Waals surface area contributed by atoms with Crippen LogP contribution >= 0.6 is 0 Å². The van der Waals surface area contributed by atoms with Crippen LogP contribution in [0.3, 0.4) is 0 Å². The summed E-state index contributed by atoms with van der Waals surface area (Å²) >= 11 is 0. The third-order valence-electron chi connectivity index (χ3n) is 3.30. The van der Waals surface area contributed by atoms with Gasteiger partial charge in [-0.25, -0.2) is 8.78 Å². The molecule has 1 aliphatic heterocycles. The molecular formula is C15H12F2O2. The van der Waals surface area contributed by atoms with Crippen LogP contribution in [0.2, 0.25) is 0 Å². The van der Waals surface area contributed by atoms with E-state index in [9.17, 15) is 13.9 Å². The van der Waals surface area contributed by atoms with Crippen LogP contribution in [-0.2, 0) is 6.42 Å². The van der Waals surface area contributed by atoms with Gasteiger partial charge in [-0.05, 0) is 54.3 Å². The summed E-state index contributed by atoms with van der Waals surface area (Å²) in [5.74, 6) is -0.838. The number of ether oxygens (including phenoxy) is 1. The molecule has 19 heavy (non-hydrogen) atoms. The third kappa shape index (κ3) is 2.26. The molecule has 0 amide bonds. The average molecular weight is 262 g/mol. The van der Waals surface area contributed by atoms with Crippen molar-refractivity contribution >= 4 is 0 Å². The van der Waals surface area contributed by atoms with Crippen LogP contribution in [-0.4, -0.2) is 5.11 Å². The van der Waals surface area contributed by atoms with Crippen LogP contribution in [0.25, 0.3) is 0 Å². The highest BCUT2D eigenvalue weighted by Crippen LogP contribution is 2.36. The second-order valence-electron chi connectivity index (χ2n) is 4.61. The van der Waals surface area contributed by atoms with Crippen molar-refractivity contribution in [3.63, 3.8) is 0 Å². The summed E-state index contributed by atoms with van der Waals surface area (Å²) in [5, 5.41) is 9.39. The molecule has 0 spiro atoms. The van der Waals surface area contributed by atoms with Gasteiger partial charge in [0.1, 0.15) is 17.6 Å². The van der Waals surface area contributed by atoms with Crippen LogP contribution < -0.4 is 4.74 Å². The van der Waals surface area contributed by atoms with Crippen molar-refractivity contribution in [2.24, 2.45) is 0 Å². The fourth-order valence-electron chi connectivity index (χ4n) is 2.32. The minimum Gasteiger partial charge on any atom is -0.508 e. The molecule has 1 heterocycles. The average Bonchev–Trinajstić information content (AvgIpc) is 2.41. The van der Waals surface area contributed by atoms with E-state index in [0.717, 1.165) is 18.1 Å². The molecule has 2 nitrogen and oxygen atoms in total. The lowest BCUT2D eigenvalue weighted by atomic mass is 9.97. The minimum atomic E-state index is -0.863. The highest BCUT2D eigenvalue weighted by molar-refractivity contribution is 5.41. The van der Waals surface area contributed by atoms with Crippen molar-refractivity contribution in [1.82, 2.24) is 0 Å². The highest BCUT2D eigenvalue weighted by Gasteiger charge is 2.22. The number of hydrogen-bond acceptors (Lipinski definition) is 2. The van der Waals surface area contributed by atoms with E-state index in [1.54, 1.807) is 18.2 Å². The summed E-state index contributed by atoms with van der Waals surface area (Å²) in [5.41, 5.74) is 1.55. The molecule has 1 N–H and O–H groups in total. The van der Waals surface area contributed by atoms with Gasteiger partial charge >= 0.3 is 0 Å². The van der Waals surface area contributed by atoms with Gasteiger partial charge in [0.15, 0.2) is 11.6 Å². The van der Waals surface area contributed by atoms with Crippen LogP contribution in [0, 0.1) is 11.6 Å². The Kier molecular flexibility index (Phi) is 2.85. The molecule has 0 bridgehead atoms. The van der Waals surface area contributed by atoms with Crippen molar-refractivity contribution in [2.45, 2.75) is 18.9 Å². The van der Waals surface area contributed by atoms with Gasteiger partial charge in [-0.15, -0.1) is 0 Å². The molecule has 0 saturated carbocycles. The summed E-state index contributed by atoms with van der Waals surface area (Å²) in [6.07, 6.45) is 1.11. The number of phenols is 1. The predicted octanol–water partition coefficient (Wildman–Crippen LogP) is 3.74. The van der Waals surface area contributed by atoms with Gasteiger partial charge < -0.3 is 9.84 Å². The number of rotatable bonds is 1. The van der Waals surface area contributed by atoms with Crippen LogP contribution in [0.1, 0.15) is 23.7 Å². The van der Waals surface area contributed by atoms with Gasteiger partial charge in [0.05, 0.1) is 0 Å². The molecule has 0 saturated heterocycles. The van der Waals surface area contributed by atoms with Crippen molar-refractivity contribution in [2.75, 3.05) is 0 Å². The van der Waals surface area contributed by atoms with Gasteiger partial charge in [-0.2, -0.15) is 0 Å². The molecule has 1 aliphatic rings. The summed E-state index contributed by atoms with van der Waals surface area (Å²) in [4.78, 5) is 0. The molecule has 4 heteroatoms. The Morgan fingerprint density at radius 3 is 2.68 bits per heavy atom. The standard InChI is InChI=1S/C15H12F2O2/c16-12-4-1-10(8-13(12)17)14-5-2-9-7-11(18)3-6-15(9)19-14/h1,3-4,6-8,14,18H,2,5H2. The number of aromatic hydroxyl groups is 1. The Bertz CT molecular complexity index is 626. The Balaban J connectivity index is 1.89. The predicted molar refractivity (Wildman–Crippen MR) is 66.2 cm³/mol. The number of benzene rings is 2. The van der Waals surface area contributed by atoms with E-state index in [0.29, 0.717) is 17.7 Å². The Morgan fingerprint density at radius 1 is 1.05 bits per heavy atom. The topological polar surface area (TPSA) is 29.5 Å². The first-order valence-corrected chi connectivity index (χ1v) is 6.07. The normalized spacial score (nSPS) is 17.7. The molecule has 0 aliphatic carbocycles. The van der Waals surface area contributed by atoms with Gasteiger partial charge in [0.2, 0.25) is 0 Å². The van der Waals surface area contributed by atoms with E-state index < -0.39 is 11.6 Å². The first-order valence-electron chi connectivity index (χ1n) is 6.07. The lowest BCUT2D eigenvalue weighted by Crippen LogP contribution is -2.15. The molecule has 0 radical (unpaired) electrons. The van der Waals surface area contributed by atoms with Crippen molar-refractivity contribution in [1.29, 1.82) is 0 Å². The fourth-order valence-corrected chi connectivity index (χ4v) is 2.32. The number of phenolic OH excluding ortho intramolecular Hbond substituents is 1. The minimum absolute atomic E-state index is 0.202. The zero-order chi connectivity index (χ0) is 13.4. The number of aryl methyl sites for hydroxylation is 1. The van der Waals surface area contributed by atoms with E-state index in [4.69, 9.17) is 4.74 Å². The van der Waals surface area contributed by atoms with Crippen LogP contribution in [0.15, 0.2) is 36.4 Å². The van der Waals surface area contributed by atoms with Gasteiger partial charge in [-0.3, -0.25) is 0 Å². The molecular weight excluding hydrogens is 250 g/mol. The second kappa shape index (κ2) is 4.53. The van der Waals surface area contributed by atoms with Crippen LogP contribution in [0.4, 0.5) is 8.78 Å². The van der Waals surface area contributed by atoms with E-state index in [1.165, 1.54) is 12.1 Å². The van der Waals surface area contributed by atoms with Crippen molar-refractivity contribution < 1.29 is 18.6 Å². The summed E-state index contributed by atoms with van der Waals surface area (Å²) in [6, 6.07) is 8.72. The molecule has 2 aromatic rings. The maximum atomic E-state index is 13.2. The number of halogens is 2. The largest absolute Gasteiger partial charge is 0.508 e. The molecule has 0 aromatic heterocycles. The van der Waals surface area contributed by atoms with Crippen molar-refractivity contribution in [3.8, 4) is 11.5 Å². The maximum Gasteiger partial charge on any atom is 0.159 e. The zero-order valence-corrected chi connectivity index (χ0v) is 10.1. The molecule has 3 rings (SSSR count). The van der Waals surface area contributed by atoms with Gasteiger partial charge in [0, 0.05) is 0 Å². The van der Waals surface area contributed by atoms with Crippen molar-refractivity contribution in [3.05, 3.63) is 59.2 Å². The van der Waals surface area contributed by atoms with E-state index in [-0.39, 0.29) is 11.9 Å². The molecule has 1 unspecified atom stereocenters. The summed E-state index contributed by atoms with van der Waals surface area (Å²) < 4.78 is 31.9. The number of hydrogen-bond donors (Lipinski definition) is 1. The fraction of sp³-hybridized carbons (Fsp3) is 0.200. The van der Waals surface area contributed by atoms with E-state index in [1.807, 2.05) is 0 Å². The quantitative estimate of drug-likeness (QED) is 0.848. The van der Waals surface area contributed by atoms with E-state index >= 15 is 0 Å². The number of fused-ring (bicyclic) bond motifs is 1. The maximum absolute atomic E-state index is 13.2. The molecule has 2 aromatic carbocycles. The van der Waals surface area contributed by atoms with E-state index in [2.05, 4.69) is 0 Å². The van der Waals surface area contributed by atoms with Crippen LogP contribution in [0.5, 0.6) is 11.5 Å². The highest BCUT2D eigenvalue weighted by atomic mass is 19.2. The van der Waals surface area contributed by atoms with Gasteiger partial charge in [0.25, 0.3) is 0 Å². The monoisotopic (exact) mass is 262 g/mol. The second-order valence-corrected chi connectivity index (χ2v) is 4.61.